The molecule has 3 heterocycles. The zero-order valence-corrected chi connectivity index (χ0v) is 14.8. The van der Waals surface area contributed by atoms with E-state index in [1.807, 2.05) is 11.5 Å². The van der Waals surface area contributed by atoms with Crippen molar-refractivity contribution in [2.75, 3.05) is 6.54 Å². The molecule has 0 fully saturated rings. The Morgan fingerprint density at radius 2 is 2.15 bits per heavy atom. The lowest BCUT2D eigenvalue weighted by Crippen LogP contribution is -2.31. The molecule has 8 heteroatoms. The molecule has 4 aromatic rings. The zero-order chi connectivity index (χ0) is 19.1. The van der Waals surface area contributed by atoms with E-state index in [0.29, 0.717) is 5.69 Å². The van der Waals surface area contributed by atoms with Gasteiger partial charge in [0.15, 0.2) is 0 Å². The molecule has 0 aliphatic heterocycles. The van der Waals surface area contributed by atoms with Crippen LogP contribution in [0, 0.1) is 12.7 Å². The van der Waals surface area contributed by atoms with Crippen molar-refractivity contribution in [3.05, 3.63) is 53.7 Å². The number of aliphatic hydroxyl groups is 1. The Morgan fingerprint density at radius 3 is 2.89 bits per heavy atom. The summed E-state index contributed by atoms with van der Waals surface area (Å²) in [4.78, 5) is 16.6. The summed E-state index contributed by atoms with van der Waals surface area (Å²) in [6, 6.07) is 8.01. The van der Waals surface area contributed by atoms with Gasteiger partial charge in [0.1, 0.15) is 11.5 Å². The Morgan fingerprint density at radius 1 is 1.33 bits per heavy atom. The van der Waals surface area contributed by atoms with Gasteiger partial charge in [-0.25, -0.2) is 9.37 Å². The van der Waals surface area contributed by atoms with E-state index in [1.54, 1.807) is 31.3 Å². The smallest absolute Gasteiger partial charge is 0.269 e. The van der Waals surface area contributed by atoms with Crippen molar-refractivity contribution in [2.45, 2.75) is 20.0 Å². The van der Waals surface area contributed by atoms with Crippen molar-refractivity contribution < 1.29 is 14.3 Å². The van der Waals surface area contributed by atoms with Gasteiger partial charge in [-0.1, -0.05) is 0 Å². The second kappa shape index (κ2) is 6.48. The van der Waals surface area contributed by atoms with E-state index in [-0.39, 0.29) is 24.0 Å². The van der Waals surface area contributed by atoms with Crippen molar-refractivity contribution >= 4 is 27.8 Å². The summed E-state index contributed by atoms with van der Waals surface area (Å²) < 4.78 is 15.7. The Kier molecular flexibility index (Phi) is 4.12. The quantitative estimate of drug-likeness (QED) is 0.516. The number of benzene rings is 1. The van der Waals surface area contributed by atoms with Gasteiger partial charge in [-0.3, -0.25) is 9.89 Å². The minimum Gasteiger partial charge on any atom is -0.392 e. The molecule has 0 spiro atoms. The highest BCUT2D eigenvalue weighted by atomic mass is 19.1. The van der Waals surface area contributed by atoms with Crippen LogP contribution < -0.4 is 5.32 Å². The van der Waals surface area contributed by atoms with Crippen LogP contribution in [0.1, 0.15) is 23.1 Å². The van der Waals surface area contributed by atoms with Crippen LogP contribution in [0.15, 0.2) is 36.5 Å². The largest absolute Gasteiger partial charge is 0.392 e. The normalized spacial score (nSPS) is 12.6. The highest BCUT2D eigenvalue weighted by Crippen LogP contribution is 2.31. The Hall–Kier alpha value is -3.26. The van der Waals surface area contributed by atoms with Crippen LogP contribution in [0.2, 0.25) is 0 Å². The van der Waals surface area contributed by atoms with Crippen molar-refractivity contribution in [2.24, 2.45) is 0 Å². The van der Waals surface area contributed by atoms with Crippen LogP contribution in [0.25, 0.3) is 27.6 Å². The minimum absolute atomic E-state index is 0.157. The number of hydrogen-bond donors (Lipinski definition) is 3. The highest BCUT2D eigenvalue weighted by molar-refractivity contribution is 6.07. The predicted octanol–water partition coefficient (Wildman–Crippen LogP) is 2.46. The summed E-state index contributed by atoms with van der Waals surface area (Å²) in [6.07, 6.45) is 1.05. The van der Waals surface area contributed by atoms with E-state index in [0.717, 1.165) is 27.6 Å². The molecule has 27 heavy (non-hydrogen) atoms. The number of aliphatic hydroxyl groups excluding tert-OH is 1. The SMILES string of the molecule is Cc1nc(C(=O)NC[C@@H](C)O)ccc1-n1c2ccc(F)cc2c2[nH]ncc21. The number of aryl methyl sites for hydroxylation is 1. The van der Waals surface area contributed by atoms with Crippen LogP contribution in [0.5, 0.6) is 0 Å². The monoisotopic (exact) mass is 367 g/mol. The second-order valence-electron chi connectivity index (χ2n) is 6.49. The van der Waals surface area contributed by atoms with Gasteiger partial charge < -0.3 is 15.0 Å². The first kappa shape index (κ1) is 17.2. The van der Waals surface area contributed by atoms with Crippen LogP contribution in [-0.4, -0.2) is 43.4 Å². The van der Waals surface area contributed by atoms with Gasteiger partial charge in [-0.15, -0.1) is 0 Å². The summed E-state index contributed by atoms with van der Waals surface area (Å²) in [5.41, 5.74) is 4.03. The van der Waals surface area contributed by atoms with E-state index < -0.39 is 6.10 Å². The first-order valence-corrected chi connectivity index (χ1v) is 8.53. The molecule has 0 bridgehead atoms. The molecule has 3 aromatic heterocycles. The number of H-pyrrole nitrogens is 1. The number of pyridine rings is 1. The standard InChI is InChI=1S/C19H18FN5O2/c1-10(26)8-21-19(27)14-4-6-15(11(2)23-14)25-16-5-3-12(20)7-13(16)18-17(25)9-22-24-18/h3-7,9-10,26H,8H2,1-2H3,(H,21,27)(H,22,24)/t10-/m1/s1. The number of nitrogens with one attached hydrogen (secondary N) is 2. The van der Waals surface area contributed by atoms with E-state index >= 15 is 0 Å². The average molecular weight is 367 g/mol. The topological polar surface area (TPSA) is 95.8 Å². The number of carbonyl (C=O) groups is 1. The molecule has 1 amide bonds. The molecule has 1 aromatic carbocycles. The molecule has 0 radical (unpaired) electrons. The van der Waals surface area contributed by atoms with Gasteiger partial charge in [-0.2, -0.15) is 5.10 Å². The summed E-state index contributed by atoms with van der Waals surface area (Å²) >= 11 is 0. The molecule has 7 nitrogen and oxygen atoms in total. The number of amides is 1. The van der Waals surface area contributed by atoms with Crippen molar-refractivity contribution in [1.29, 1.82) is 0 Å². The van der Waals surface area contributed by atoms with E-state index in [9.17, 15) is 14.3 Å². The fourth-order valence-corrected chi connectivity index (χ4v) is 3.19. The molecular formula is C19H18FN5O2. The number of rotatable bonds is 4. The molecule has 0 saturated heterocycles. The molecule has 0 saturated carbocycles. The first-order chi connectivity index (χ1) is 13.0. The van der Waals surface area contributed by atoms with E-state index in [1.165, 1.54) is 12.1 Å². The van der Waals surface area contributed by atoms with Crippen LogP contribution in [-0.2, 0) is 0 Å². The fourth-order valence-electron chi connectivity index (χ4n) is 3.19. The first-order valence-electron chi connectivity index (χ1n) is 8.53. The summed E-state index contributed by atoms with van der Waals surface area (Å²) in [7, 11) is 0. The Balaban J connectivity index is 1.82. The summed E-state index contributed by atoms with van der Waals surface area (Å²) in [5, 5.41) is 19.6. The van der Waals surface area contributed by atoms with Gasteiger partial charge in [0.05, 0.1) is 40.2 Å². The number of nitrogens with zero attached hydrogens (tertiary/aromatic N) is 3. The third-order valence-corrected chi connectivity index (χ3v) is 4.42. The number of hydrogen-bond acceptors (Lipinski definition) is 4. The predicted molar refractivity (Wildman–Crippen MR) is 99.4 cm³/mol. The molecular weight excluding hydrogens is 349 g/mol. The number of halogens is 1. The summed E-state index contributed by atoms with van der Waals surface area (Å²) in [5.74, 6) is -0.672. The maximum absolute atomic E-state index is 13.7. The zero-order valence-electron chi connectivity index (χ0n) is 14.8. The number of aromatic amines is 1. The average Bonchev–Trinajstić information content (AvgIpc) is 3.21. The van der Waals surface area contributed by atoms with Crippen molar-refractivity contribution in [3.8, 4) is 5.69 Å². The second-order valence-corrected chi connectivity index (χ2v) is 6.49. The number of fused-ring (bicyclic) bond motifs is 3. The third kappa shape index (κ3) is 2.93. The van der Waals surface area contributed by atoms with Gasteiger partial charge in [0.25, 0.3) is 5.91 Å². The van der Waals surface area contributed by atoms with Gasteiger partial charge in [0.2, 0.25) is 0 Å². The van der Waals surface area contributed by atoms with Gasteiger partial charge in [0, 0.05) is 11.9 Å². The lowest BCUT2D eigenvalue weighted by atomic mass is 10.2. The van der Waals surface area contributed by atoms with Gasteiger partial charge in [-0.05, 0) is 44.2 Å². The van der Waals surface area contributed by atoms with Crippen LogP contribution >= 0.6 is 0 Å². The lowest BCUT2D eigenvalue weighted by molar-refractivity contribution is 0.0919. The van der Waals surface area contributed by atoms with E-state index in [2.05, 4.69) is 20.5 Å². The molecule has 0 aliphatic rings. The van der Waals surface area contributed by atoms with E-state index in [4.69, 9.17) is 0 Å². The minimum atomic E-state index is -0.629. The third-order valence-electron chi connectivity index (χ3n) is 4.42. The molecule has 0 aliphatic carbocycles. The lowest BCUT2D eigenvalue weighted by Gasteiger charge is -2.12. The molecule has 0 unspecified atom stereocenters. The van der Waals surface area contributed by atoms with Crippen molar-refractivity contribution in [1.82, 2.24) is 25.1 Å². The van der Waals surface area contributed by atoms with Crippen LogP contribution in [0.4, 0.5) is 4.39 Å². The maximum atomic E-state index is 13.7. The highest BCUT2D eigenvalue weighted by Gasteiger charge is 2.17. The number of aromatic nitrogens is 4. The Labute approximate surface area is 153 Å². The van der Waals surface area contributed by atoms with Crippen molar-refractivity contribution in [3.63, 3.8) is 0 Å². The molecule has 4 rings (SSSR count). The summed E-state index contributed by atoms with van der Waals surface area (Å²) in [6.45, 7) is 3.56. The maximum Gasteiger partial charge on any atom is 0.269 e. The van der Waals surface area contributed by atoms with Crippen LogP contribution in [0.3, 0.4) is 0 Å². The molecule has 138 valence electrons. The number of carbonyl (C=O) groups excluding carboxylic acids is 1. The fraction of sp³-hybridized carbons (Fsp3) is 0.211. The van der Waals surface area contributed by atoms with Gasteiger partial charge >= 0.3 is 0 Å². The Bertz CT molecular complexity index is 1160. The molecule has 3 N–H and O–H groups in total. The molecule has 1 atom stereocenters.